The number of fused-ring (bicyclic) bond motifs is 3. The van der Waals surface area contributed by atoms with Crippen LogP contribution in [0.3, 0.4) is 0 Å². The molecule has 3 nitrogen and oxygen atoms in total. The highest BCUT2D eigenvalue weighted by molar-refractivity contribution is 5.79. The van der Waals surface area contributed by atoms with Gasteiger partial charge in [0.25, 0.3) is 0 Å². The van der Waals surface area contributed by atoms with E-state index in [1.165, 1.54) is 18.2 Å². The number of carbonyl (C=O) groups is 1. The smallest absolute Gasteiger partial charge is 0.312 e. The van der Waals surface area contributed by atoms with Gasteiger partial charge in [-0.25, -0.2) is 0 Å². The molecule has 2 aliphatic rings. The standard InChI is InChI=1S/C19H24O3/c1-18-10-5-11-19(2,17(20)22-4)16(18)9-7-13-6-8-14(21-3)12-15(13)18/h6-9,12,16H,5,10-11H2,1-4H3/t16-,18-,19-/m1/s1. The highest BCUT2D eigenvalue weighted by Gasteiger charge is 2.54. The van der Waals surface area contributed by atoms with Gasteiger partial charge >= 0.3 is 5.97 Å². The van der Waals surface area contributed by atoms with E-state index in [1.807, 2.05) is 6.07 Å². The summed E-state index contributed by atoms with van der Waals surface area (Å²) in [5.41, 5.74) is 2.00. The summed E-state index contributed by atoms with van der Waals surface area (Å²) in [4.78, 5) is 12.4. The second kappa shape index (κ2) is 5.15. The van der Waals surface area contributed by atoms with E-state index in [0.717, 1.165) is 25.0 Å². The maximum absolute atomic E-state index is 12.4. The summed E-state index contributed by atoms with van der Waals surface area (Å²) in [5.74, 6) is 0.930. The van der Waals surface area contributed by atoms with Gasteiger partial charge in [0, 0.05) is 11.3 Å². The van der Waals surface area contributed by atoms with Crippen molar-refractivity contribution >= 4 is 12.0 Å². The number of esters is 1. The van der Waals surface area contributed by atoms with Gasteiger partial charge in [-0.2, -0.15) is 0 Å². The molecule has 0 saturated heterocycles. The van der Waals surface area contributed by atoms with E-state index >= 15 is 0 Å². The van der Waals surface area contributed by atoms with Crippen LogP contribution in [-0.4, -0.2) is 20.2 Å². The first-order valence-electron chi connectivity index (χ1n) is 7.91. The lowest BCUT2D eigenvalue weighted by molar-refractivity contribution is -0.158. The molecule has 1 aromatic carbocycles. The predicted octanol–water partition coefficient (Wildman–Crippen LogP) is 3.96. The molecule has 3 atom stereocenters. The van der Waals surface area contributed by atoms with Gasteiger partial charge in [0.15, 0.2) is 0 Å². The molecule has 1 aromatic rings. The van der Waals surface area contributed by atoms with Crippen molar-refractivity contribution in [3.63, 3.8) is 0 Å². The van der Waals surface area contributed by atoms with Crippen molar-refractivity contribution < 1.29 is 14.3 Å². The van der Waals surface area contributed by atoms with Gasteiger partial charge < -0.3 is 9.47 Å². The molecule has 0 aromatic heterocycles. The summed E-state index contributed by atoms with van der Waals surface area (Å²) in [6.07, 6.45) is 7.35. The second-order valence-electron chi connectivity index (χ2n) is 6.97. The van der Waals surface area contributed by atoms with Crippen LogP contribution in [0, 0.1) is 11.3 Å². The van der Waals surface area contributed by atoms with Crippen LogP contribution in [0.1, 0.15) is 44.2 Å². The van der Waals surface area contributed by atoms with Crippen molar-refractivity contribution in [3.8, 4) is 5.75 Å². The Morgan fingerprint density at radius 2 is 2.00 bits per heavy atom. The zero-order valence-corrected chi connectivity index (χ0v) is 13.8. The van der Waals surface area contributed by atoms with E-state index in [0.29, 0.717) is 0 Å². The molecular formula is C19H24O3. The fourth-order valence-corrected chi connectivity index (χ4v) is 4.53. The minimum Gasteiger partial charge on any atom is -0.497 e. The van der Waals surface area contributed by atoms with E-state index in [-0.39, 0.29) is 17.3 Å². The fourth-order valence-electron chi connectivity index (χ4n) is 4.53. The Bertz CT molecular complexity index is 634. The number of benzene rings is 1. The number of methoxy groups -OCH3 is 2. The van der Waals surface area contributed by atoms with E-state index in [1.54, 1.807) is 7.11 Å². The van der Waals surface area contributed by atoms with Gasteiger partial charge in [-0.3, -0.25) is 4.79 Å². The van der Waals surface area contributed by atoms with Crippen LogP contribution in [0.5, 0.6) is 5.75 Å². The number of ether oxygens (including phenoxy) is 2. The number of carbonyl (C=O) groups excluding carboxylic acids is 1. The number of hydrogen-bond acceptors (Lipinski definition) is 3. The highest BCUT2D eigenvalue weighted by atomic mass is 16.5. The highest BCUT2D eigenvalue weighted by Crippen LogP contribution is 2.56. The molecule has 0 N–H and O–H groups in total. The first-order chi connectivity index (χ1) is 10.5. The van der Waals surface area contributed by atoms with Crippen LogP contribution >= 0.6 is 0 Å². The average molecular weight is 300 g/mol. The van der Waals surface area contributed by atoms with Crippen LogP contribution in [-0.2, 0) is 14.9 Å². The van der Waals surface area contributed by atoms with Gasteiger partial charge in [-0.15, -0.1) is 0 Å². The molecule has 1 saturated carbocycles. The molecule has 0 bridgehead atoms. The van der Waals surface area contributed by atoms with Crippen molar-refractivity contribution in [1.82, 2.24) is 0 Å². The van der Waals surface area contributed by atoms with E-state index in [9.17, 15) is 4.79 Å². The number of allylic oxidation sites excluding steroid dienone is 1. The third-order valence-corrected chi connectivity index (χ3v) is 5.76. The van der Waals surface area contributed by atoms with Crippen molar-refractivity contribution in [3.05, 3.63) is 35.4 Å². The molecule has 3 heteroatoms. The lowest BCUT2D eigenvalue weighted by atomic mass is 9.51. The Kier molecular flexibility index (Phi) is 3.54. The quantitative estimate of drug-likeness (QED) is 0.776. The molecule has 0 aliphatic heterocycles. The van der Waals surface area contributed by atoms with Crippen molar-refractivity contribution in [2.75, 3.05) is 14.2 Å². The van der Waals surface area contributed by atoms with Gasteiger partial charge in [0.1, 0.15) is 5.75 Å². The van der Waals surface area contributed by atoms with Crippen LogP contribution in [0.2, 0.25) is 0 Å². The Morgan fingerprint density at radius 1 is 1.23 bits per heavy atom. The maximum Gasteiger partial charge on any atom is 0.312 e. The van der Waals surface area contributed by atoms with Crippen LogP contribution < -0.4 is 4.74 Å². The third-order valence-electron chi connectivity index (χ3n) is 5.76. The van der Waals surface area contributed by atoms with Crippen molar-refractivity contribution in [1.29, 1.82) is 0 Å². The fraction of sp³-hybridized carbons (Fsp3) is 0.526. The Balaban J connectivity index is 2.13. The Labute approximate surface area is 132 Å². The monoisotopic (exact) mass is 300 g/mol. The minimum atomic E-state index is -0.459. The lowest BCUT2D eigenvalue weighted by Crippen LogP contribution is -2.50. The molecule has 0 unspecified atom stereocenters. The third kappa shape index (κ3) is 1.98. The van der Waals surface area contributed by atoms with Crippen molar-refractivity contribution in [2.24, 2.45) is 11.3 Å². The van der Waals surface area contributed by atoms with Crippen molar-refractivity contribution in [2.45, 2.75) is 38.5 Å². The number of rotatable bonds is 2. The Hall–Kier alpha value is -1.77. The van der Waals surface area contributed by atoms with E-state index < -0.39 is 5.41 Å². The molecule has 2 aliphatic carbocycles. The maximum atomic E-state index is 12.4. The van der Waals surface area contributed by atoms with Gasteiger partial charge in [-0.05, 0) is 43.0 Å². The van der Waals surface area contributed by atoms with Gasteiger partial charge in [0.2, 0.25) is 0 Å². The SMILES string of the molecule is COC(=O)[C@]1(C)CCC[C@]2(C)c3cc(OC)ccc3C=C[C@@H]12. The molecule has 3 rings (SSSR count). The summed E-state index contributed by atoms with van der Waals surface area (Å²) >= 11 is 0. The summed E-state index contributed by atoms with van der Waals surface area (Å²) in [7, 11) is 3.18. The minimum absolute atomic E-state index is 0.0557. The zero-order valence-electron chi connectivity index (χ0n) is 13.8. The summed E-state index contributed by atoms with van der Waals surface area (Å²) in [6.45, 7) is 4.33. The molecule has 0 amide bonds. The van der Waals surface area contributed by atoms with E-state index in [2.05, 4.69) is 38.1 Å². The first-order valence-corrected chi connectivity index (χ1v) is 7.91. The Morgan fingerprint density at radius 3 is 2.68 bits per heavy atom. The van der Waals surface area contributed by atoms with Gasteiger partial charge in [-0.1, -0.05) is 31.6 Å². The predicted molar refractivity (Wildman–Crippen MR) is 86.8 cm³/mol. The zero-order chi connectivity index (χ0) is 16.0. The lowest BCUT2D eigenvalue weighted by Gasteiger charge is -2.51. The van der Waals surface area contributed by atoms with Crippen LogP contribution in [0.4, 0.5) is 0 Å². The molecule has 0 heterocycles. The second-order valence-corrected chi connectivity index (χ2v) is 6.97. The molecular weight excluding hydrogens is 276 g/mol. The molecule has 1 fully saturated rings. The van der Waals surface area contributed by atoms with E-state index in [4.69, 9.17) is 9.47 Å². The number of hydrogen-bond donors (Lipinski definition) is 0. The van der Waals surface area contributed by atoms with Crippen LogP contribution in [0.15, 0.2) is 24.3 Å². The summed E-state index contributed by atoms with van der Waals surface area (Å²) < 4.78 is 10.5. The molecule has 118 valence electrons. The summed E-state index contributed by atoms with van der Waals surface area (Å²) in [6, 6.07) is 6.24. The topological polar surface area (TPSA) is 35.5 Å². The first kappa shape index (κ1) is 15.1. The average Bonchev–Trinajstić information content (AvgIpc) is 2.53. The molecule has 22 heavy (non-hydrogen) atoms. The largest absolute Gasteiger partial charge is 0.497 e. The molecule has 0 radical (unpaired) electrons. The molecule has 0 spiro atoms. The summed E-state index contributed by atoms with van der Waals surface area (Å²) in [5, 5.41) is 0. The van der Waals surface area contributed by atoms with Gasteiger partial charge in [0.05, 0.1) is 19.6 Å². The normalized spacial score (nSPS) is 32.8. The van der Waals surface area contributed by atoms with Crippen LogP contribution in [0.25, 0.3) is 6.08 Å².